The quantitative estimate of drug-likeness (QED) is 0.459. The molecule has 2 heteroatoms. The van der Waals surface area contributed by atoms with E-state index in [2.05, 4.69) is 56.9 Å². The van der Waals surface area contributed by atoms with Gasteiger partial charge in [0.15, 0.2) is 0 Å². The zero-order valence-corrected chi connectivity index (χ0v) is 15.6. The van der Waals surface area contributed by atoms with Crippen LogP contribution in [0.25, 0.3) is 0 Å². The molecule has 0 fully saturated rings. The summed E-state index contributed by atoms with van der Waals surface area (Å²) in [6.45, 7) is 9.56. The van der Waals surface area contributed by atoms with Gasteiger partial charge in [0.05, 0.1) is 6.04 Å². The molecule has 0 bridgehead atoms. The molecule has 0 spiro atoms. The van der Waals surface area contributed by atoms with Crippen molar-refractivity contribution >= 4 is 5.91 Å². The van der Waals surface area contributed by atoms with Crippen molar-refractivity contribution in [2.45, 2.75) is 78.7 Å². The van der Waals surface area contributed by atoms with Gasteiger partial charge in [-0.3, -0.25) is 4.79 Å². The second kappa shape index (κ2) is 11.3. The lowest BCUT2D eigenvalue weighted by Crippen LogP contribution is -2.38. The van der Waals surface area contributed by atoms with Crippen LogP contribution in [0.15, 0.2) is 30.3 Å². The summed E-state index contributed by atoms with van der Waals surface area (Å²) in [5.74, 6) is 0.461. The first-order valence-electron chi connectivity index (χ1n) is 9.47. The van der Waals surface area contributed by atoms with Crippen LogP contribution in [-0.4, -0.2) is 17.4 Å². The van der Waals surface area contributed by atoms with Crippen molar-refractivity contribution in [1.29, 1.82) is 0 Å². The SMILES string of the molecule is CCCCCC(C)C(=O)N(CCCCC)C(C)c1ccccc1. The number of unbranched alkanes of at least 4 members (excludes halogenated alkanes) is 4. The summed E-state index contributed by atoms with van der Waals surface area (Å²) in [6, 6.07) is 10.6. The standard InChI is InChI=1S/C21H35NO/c1-5-7-10-14-18(3)21(23)22(17-13-8-6-2)19(4)20-15-11-9-12-16-20/h9,11-12,15-16,18-19H,5-8,10,13-14,17H2,1-4H3. The molecule has 0 aliphatic heterocycles. The van der Waals surface area contributed by atoms with Crippen molar-refractivity contribution in [3.63, 3.8) is 0 Å². The second-order valence-electron chi connectivity index (χ2n) is 6.72. The monoisotopic (exact) mass is 317 g/mol. The van der Waals surface area contributed by atoms with Gasteiger partial charge >= 0.3 is 0 Å². The van der Waals surface area contributed by atoms with Crippen molar-refractivity contribution in [2.24, 2.45) is 5.92 Å². The molecule has 2 unspecified atom stereocenters. The van der Waals surface area contributed by atoms with Crippen molar-refractivity contribution in [3.05, 3.63) is 35.9 Å². The van der Waals surface area contributed by atoms with Gasteiger partial charge in [-0.1, -0.05) is 83.2 Å². The number of rotatable bonds is 11. The highest BCUT2D eigenvalue weighted by Gasteiger charge is 2.25. The lowest BCUT2D eigenvalue weighted by molar-refractivity contribution is -0.137. The number of nitrogens with zero attached hydrogens (tertiary/aromatic N) is 1. The maximum atomic E-state index is 13.0. The van der Waals surface area contributed by atoms with Crippen molar-refractivity contribution in [2.75, 3.05) is 6.54 Å². The molecule has 23 heavy (non-hydrogen) atoms. The van der Waals surface area contributed by atoms with Crippen molar-refractivity contribution in [1.82, 2.24) is 4.90 Å². The molecule has 0 aliphatic carbocycles. The fourth-order valence-electron chi connectivity index (χ4n) is 3.05. The number of carbonyl (C=O) groups is 1. The maximum absolute atomic E-state index is 13.0. The van der Waals surface area contributed by atoms with Gasteiger partial charge < -0.3 is 4.90 Å². The Balaban J connectivity index is 2.75. The predicted molar refractivity (Wildman–Crippen MR) is 99.4 cm³/mol. The average molecular weight is 318 g/mol. The highest BCUT2D eigenvalue weighted by atomic mass is 16.2. The van der Waals surface area contributed by atoms with E-state index in [4.69, 9.17) is 0 Å². The molecule has 0 heterocycles. The number of hydrogen-bond donors (Lipinski definition) is 0. The van der Waals surface area contributed by atoms with Gasteiger partial charge in [-0.15, -0.1) is 0 Å². The van der Waals surface area contributed by atoms with Gasteiger partial charge in [0.1, 0.15) is 0 Å². The third kappa shape index (κ3) is 6.76. The van der Waals surface area contributed by atoms with E-state index in [0.29, 0.717) is 5.91 Å². The van der Waals surface area contributed by atoms with Gasteiger partial charge in [-0.25, -0.2) is 0 Å². The van der Waals surface area contributed by atoms with Gasteiger partial charge in [-0.05, 0) is 25.3 Å². The lowest BCUT2D eigenvalue weighted by Gasteiger charge is -2.32. The molecule has 0 N–H and O–H groups in total. The van der Waals surface area contributed by atoms with Gasteiger partial charge in [0.25, 0.3) is 0 Å². The Bertz CT molecular complexity index is 429. The highest BCUT2D eigenvalue weighted by Crippen LogP contribution is 2.24. The third-order valence-electron chi connectivity index (χ3n) is 4.70. The maximum Gasteiger partial charge on any atom is 0.225 e. The van der Waals surface area contributed by atoms with Gasteiger partial charge in [0, 0.05) is 12.5 Å². The van der Waals surface area contributed by atoms with Crippen LogP contribution in [0.4, 0.5) is 0 Å². The minimum atomic E-state index is 0.134. The van der Waals surface area contributed by atoms with E-state index in [1.165, 1.54) is 31.2 Å². The first-order chi connectivity index (χ1) is 11.1. The minimum absolute atomic E-state index is 0.134. The van der Waals surface area contributed by atoms with Gasteiger partial charge in [-0.2, -0.15) is 0 Å². The normalized spacial score (nSPS) is 13.6. The van der Waals surface area contributed by atoms with Crippen LogP contribution in [0.1, 0.15) is 84.2 Å². The van der Waals surface area contributed by atoms with Crippen molar-refractivity contribution in [3.8, 4) is 0 Å². The predicted octanol–water partition coefficient (Wildman–Crippen LogP) is 5.98. The first kappa shape index (κ1) is 19.7. The molecule has 1 aromatic carbocycles. The van der Waals surface area contributed by atoms with Crippen LogP contribution in [0, 0.1) is 5.92 Å². The molecule has 1 aromatic rings. The summed E-state index contributed by atoms with van der Waals surface area (Å²) in [4.78, 5) is 15.1. The Hall–Kier alpha value is -1.31. The van der Waals surface area contributed by atoms with E-state index < -0.39 is 0 Å². The van der Waals surface area contributed by atoms with E-state index >= 15 is 0 Å². The Kier molecular flexibility index (Phi) is 9.66. The molecular weight excluding hydrogens is 282 g/mol. The average Bonchev–Trinajstić information content (AvgIpc) is 2.58. The zero-order valence-electron chi connectivity index (χ0n) is 15.6. The molecule has 2 nitrogen and oxygen atoms in total. The number of benzene rings is 1. The summed E-state index contributed by atoms with van der Waals surface area (Å²) < 4.78 is 0. The van der Waals surface area contributed by atoms with Crippen LogP contribution in [-0.2, 0) is 4.79 Å². The summed E-state index contributed by atoms with van der Waals surface area (Å²) in [5, 5.41) is 0. The molecule has 2 atom stereocenters. The van der Waals surface area contributed by atoms with E-state index in [1.54, 1.807) is 0 Å². The van der Waals surface area contributed by atoms with Crippen LogP contribution in [0.3, 0.4) is 0 Å². The molecule has 0 radical (unpaired) electrons. The minimum Gasteiger partial charge on any atom is -0.336 e. The Morgan fingerprint density at radius 2 is 1.57 bits per heavy atom. The van der Waals surface area contributed by atoms with E-state index in [0.717, 1.165) is 25.8 Å². The number of amides is 1. The summed E-state index contributed by atoms with van der Waals surface area (Å²) in [5.41, 5.74) is 1.23. The van der Waals surface area contributed by atoms with E-state index in [9.17, 15) is 4.79 Å². The van der Waals surface area contributed by atoms with Crippen LogP contribution in [0.5, 0.6) is 0 Å². The first-order valence-corrected chi connectivity index (χ1v) is 9.47. The van der Waals surface area contributed by atoms with Crippen LogP contribution < -0.4 is 0 Å². The number of carbonyl (C=O) groups excluding carboxylic acids is 1. The summed E-state index contributed by atoms with van der Waals surface area (Å²) in [7, 11) is 0. The fourth-order valence-corrected chi connectivity index (χ4v) is 3.05. The Morgan fingerprint density at radius 1 is 0.957 bits per heavy atom. The molecule has 0 aliphatic rings. The van der Waals surface area contributed by atoms with E-state index in [1.807, 2.05) is 6.07 Å². The van der Waals surface area contributed by atoms with Crippen molar-refractivity contribution < 1.29 is 4.79 Å². The fraction of sp³-hybridized carbons (Fsp3) is 0.667. The molecule has 1 rings (SSSR count). The Labute approximate surface area is 143 Å². The summed E-state index contributed by atoms with van der Waals surface area (Å²) >= 11 is 0. The van der Waals surface area contributed by atoms with Crippen LogP contribution >= 0.6 is 0 Å². The number of hydrogen-bond acceptors (Lipinski definition) is 1. The van der Waals surface area contributed by atoms with Crippen LogP contribution in [0.2, 0.25) is 0 Å². The molecule has 1 amide bonds. The van der Waals surface area contributed by atoms with Gasteiger partial charge in [0.2, 0.25) is 5.91 Å². The third-order valence-corrected chi connectivity index (χ3v) is 4.70. The Morgan fingerprint density at radius 3 is 2.17 bits per heavy atom. The topological polar surface area (TPSA) is 20.3 Å². The molecule has 130 valence electrons. The largest absolute Gasteiger partial charge is 0.336 e. The zero-order chi connectivity index (χ0) is 17.1. The summed E-state index contributed by atoms with van der Waals surface area (Å²) in [6.07, 6.45) is 8.08. The molecule has 0 saturated carbocycles. The molecule has 0 aromatic heterocycles. The highest BCUT2D eigenvalue weighted by molar-refractivity contribution is 5.79. The van der Waals surface area contributed by atoms with E-state index in [-0.39, 0.29) is 12.0 Å². The lowest BCUT2D eigenvalue weighted by atomic mass is 9.99. The molecular formula is C21H35NO. The second-order valence-corrected chi connectivity index (χ2v) is 6.72. The molecule has 0 saturated heterocycles. The smallest absolute Gasteiger partial charge is 0.225 e.